The van der Waals surface area contributed by atoms with Crippen LogP contribution in [0.4, 0.5) is 5.69 Å². The van der Waals surface area contributed by atoms with Gasteiger partial charge in [0.25, 0.3) is 0 Å². The predicted molar refractivity (Wildman–Crippen MR) is 85.4 cm³/mol. The monoisotopic (exact) mass is 276 g/mol. The number of unbranched alkanes of at least 4 members (excludes halogenated alkanes) is 1. The standard InChI is InChI=1S/C17H28N2O/c1-14-12-15-8-4-5-9-16(15)19(14)11-7-6-10-17(2,13-20)18-3/h4-5,8-9,14,18,20H,6-7,10-13H2,1-3H3. The van der Waals surface area contributed by atoms with Crippen molar-refractivity contribution in [1.82, 2.24) is 5.32 Å². The lowest BCUT2D eigenvalue weighted by molar-refractivity contribution is 0.171. The summed E-state index contributed by atoms with van der Waals surface area (Å²) in [4.78, 5) is 2.53. The van der Waals surface area contributed by atoms with Gasteiger partial charge in [0.05, 0.1) is 6.61 Å². The molecule has 3 nitrogen and oxygen atoms in total. The second-order valence-electron chi connectivity index (χ2n) is 6.30. The number of para-hydroxylation sites is 1. The zero-order chi connectivity index (χ0) is 14.6. The molecule has 2 atom stereocenters. The summed E-state index contributed by atoms with van der Waals surface area (Å²) in [5, 5.41) is 12.6. The zero-order valence-corrected chi connectivity index (χ0v) is 13.0. The van der Waals surface area contributed by atoms with Gasteiger partial charge in [-0.2, -0.15) is 0 Å². The molecule has 1 aliphatic heterocycles. The van der Waals surface area contributed by atoms with Crippen molar-refractivity contribution in [2.75, 3.05) is 25.1 Å². The minimum Gasteiger partial charge on any atom is -0.394 e. The molecule has 3 heteroatoms. The summed E-state index contributed by atoms with van der Waals surface area (Å²) in [6.45, 7) is 5.71. The average molecular weight is 276 g/mol. The molecule has 0 radical (unpaired) electrons. The van der Waals surface area contributed by atoms with Gasteiger partial charge in [0.15, 0.2) is 0 Å². The third-order valence-electron chi connectivity index (χ3n) is 4.68. The molecule has 0 aromatic heterocycles. The molecule has 1 heterocycles. The van der Waals surface area contributed by atoms with Gasteiger partial charge in [0.2, 0.25) is 0 Å². The average Bonchev–Trinajstić information content (AvgIpc) is 2.79. The van der Waals surface area contributed by atoms with Crippen molar-refractivity contribution in [2.24, 2.45) is 0 Å². The molecule has 1 aromatic rings. The Labute approximate surface area is 123 Å². The lowest BCUT2D eigenvalue weighted by Gasteiger charge is -2.28. The summed E-state index contributed by atoms with van der Waals surface area (Å²) >= 11 is 0. The van der Waals surface area contributed by atoms with Gasteiger partial charge in [0.1, 0.15) is 0 Å². The lowest BCUT2D eigenvalue weighted by Crippen LogP contribution is -2.43. The molecule has 20 heavy (non-hydrogen) atoms. The molecule has 0 saturated carbocycles. The van der Waals surface area contributed by atoms with Gasteiger partial charge < -0.3 is 15.3 Å². The molecule has 0 bridgehead atoms. The van der Waals surface area contributed by atoms with E-state index in [1.54, 1.807) is 0 Å². The fraction of sp³-hybridized carbons (Fsp3) is 0.647. The maximum absolute atomic E-state index is 9.40. The van der Waals surface area contributed by atoms with E-state index in [1.807, 2.05) is 7.05 Å². The van der Waals surface area contributed by atoms with Crippen LogP contribution in [0.25, 0.3) is 0 Å². The number of aliphatic hydroxyl groups is 1. The first kappa shape index (κ1) is 15.3. The van der Waals surface area contributed by atoms with Crippen molar-refractivity contribution in [1.29, 1.82) is 0 Å². The van der Waals surface area contributed by atoms with Crippen LogP contribution < -0.4 is 10.2 Å². The molecule has 0 aliphatic carbocycles. The third-order valence-corrected chi connectivity index (χ3v) is 4.68. The van der Waals surface area contributed by atoms with Crippen molar-refractivity contribution in [3.05, 3.63) is 29.8 Å². The number of fused-ring (bicyclic) bond motifs is 1. The quantitative estimate of drug-likeness (QED) is 0.751. The van der Waals surface area contributed by atoms with Crippen LogP contribution in [0.3, 0.4) is 0 Å². The first-order chi connectivity index (χ1) is 9.59. The maximum atomic E-state index is 9.40. The molecular formula is C17H28N2O. The van der Waals surface area contributed by atoms with Crippen LogP contribution in [0.5, 0.6) is 0 Å². The van der Waals surface area contributed by atoms with E-state index in [4.69, 9.17) is 0 Å². The SMILES string of the molecule is CNC(C)(CO)CCCCN1c2ccccc2CC1C. The number of rotatable bonds is 7. The van der Waals surface area contributed by atoms with E-state index in [9.17, 15) is 5.11 Å². The summed E-state index contributed by atoms with van der Waals surface area (Å²) in [5.74, 6) is 0. The summed E-state index contributed by atoms with van der Waals surface area (Å²) in [5.41, 5.74) is 2.77. The molecule has 1 aliphatic rings. The van der Waals surface area contributed by atoms with Crippen molar-refractivity contribution in [3.8, 4) is 0 Å². The Balaban J connectivity index is 1.83. The molecule has 0 amide bonds. The lowest BCUT2D eigenvalue weighted by atomic mass is 9.96. The minimum atomic E-state index is -0.130. The first-order valence-electron chi connectivity index (χ1n) is 7.74. The van der Waals surface area contributed by atoms with Gasteiger partial charge in [-0.1, -0.05) is 18.2 Å². The van der Waals surface area contributed by atoms with Crippen molar-refractivity contribution in [2.45, 2.75) is 51.1 Å². The highest BCUT2D eigenvalue weighted by molar-refractivity contribution is 5.59. The van der Waals surface area contributed by atoms with E-state index in [-0.39, 0.29) is 12.1 Å². The molecule has 2 unspecified atom stereocenters. The van der Waals surface area contributed by atoms with Crippen LogP contribution in [0.15, 0.2) is 24.3 Å². The van der Waals surface area contributed by atoms with Crippen molar-refractivity contribution in [3.63, 3.8) is 0 Å². The van der Waals surface area contributed by atoms with E-state index >= 15 is 0 Å². The third kappa shape index (κ3) is 3.33. The van der Waals surface area contributed by atoms with E-state index < -0.39 is 0 Å². The Bertz CT molecular complexity index is 429. The number of hydrogen-bond donors (Lipinski definition) is 2. The van der Waals surface area contributed by atoms with Gasteiger partial charge in [-0.3, -0.25) is 0 Å². The van der Waals surface area contributed by atoms with Crippen LogP contribution in [-0.4, -0.2) is 36.9 Å². The van der Waals surface area contributed by atoms with Crippen molar-refractivity contribution >= 4 is 5.69 Å². The van der Waals surface area contributed by atoms with Crippen LogP contribution in [0.1, 0.15) is 38.7 Å². The number of anilines is 1. The summed E-state index contributed by atoms with van der Waals surface area (Å²) in [7, 11) is 1.93. The highest BCUT2D eigenvalue weighted by Crippen LogP contribution is 2.32. The summed E-state index contributed by atoms with van der Waals surface area (Å²) in [6, 6.07) is 9.36. The van der Waals surface area contributed by atoms with Crippen LogP contribution >= 0.6 is 0 Å². The van der Waals surface area contributed by atoms with Crippen LogP contribution in [0, 0.1) is 0 Å². The second kappa shape index (κ2) is 6.59. The zero-order valence-electron chi connectivity index (χ0n) is 13.0. The van der Waals surface area contributed by atoms with Gasteiger partial charge in [-0.15, -0.1) is 0 Å². The first-order valence-corrected chi connectivity index (χ1v) is 7.74. The smallest absolute Gasteiger partial charge is 0.0610 e. The molecule has 1 aromatic carbocycles. The second-order valence-corrected chi connectivity index (χ2v) is 6.30. The molecular weight excluding hydrogens is 248 g/mol. The van der Waals surface area contributed by atoms with E-state index in [0.717, 1.165) is 19.4 Å². The fourth-order valence-electron chi connectivity index (χ4n) is 3.05. The highest BCUT2D eigenvalue weighted by atomic mass is 16.3. The van der Waals surface area contributed by atoms with E-state index in [1.165, 1.54) is 24.1 Å². The Morgan fingerprint density at radius 2 is 2.10 bits per heavy atom. The number of hydrogen-bond acceptors (Lipinski definition) is 3. The van der Waals surface area contributed by atoms with Crippen molar-refractivity contribution < 1.29 is 5.11 Å². The molecule has 0 fully saturated rings. The summed E-state index contributed by atoms with van der Waals surface area (Å²) < 4.78 is 0. The van der Waals surface area contributed by atoms with Gasteiger partial charge in [-0.05, 0) is 58.2 Å². The Morgan fingerprint density at radius 1 is 1.35 bits per heavy atom. The number of aliphatic hydroxyl groups excluding tert-OH is 1. The largest absolute Gasteiger partial charge is 0.394 e. The maximum Gasteiger partial charge on any atom is 0.0610 e. The van der Waals surface area contributed by atoms with E-state index in [0.29, 0.717) is 6.04 Å². The number of benzene rings is 1. The topological polar surface area (TPSA) is 35.5 Å². The Kier molecular flexibility index (Phi) is 5.06. The van der Waals surface area contributed by atoms with E-state index in [2.05, 4.69) is 48.3 Å². The predicted octanol–water partition coefficient (Wildman–Crippen LogP) is 2.58. The molecule has 0 saturated heterocycles. The number of nitrogens with zero attached hydrogens (tertiary/aromatic N) is 1. The molecule has 2 N–H and O–H groups in total. The molecule has 2 rings (SSSR count). The number of likely N-dealkylation sites (N-methyl/N-ethyl adjacent to an activating group) is 1. The molecule has 112 valence electrons. The van der Waals surface area contributed by atoms with Crippen LogP contribution in [-0.2, 0) is 6.42 Å². The Hall–Kier alpha value is -1.06. The number of nitrogens with one attached hydrogen (secondary N) is 1. The van der Waals surface area contributed by atoms with Gasteiger partial charge in [-0.25, -0.2) is 0 Å². The minimum absolute atomic E-state index is 0.130. The Morgan fingerprint density at radius 3 is 2.80 bits per heavy atom. The van der Waals surface area contributed by atoms with Crippen LogP contribution in [0.2, 0.25) is 0 Å². The van der Waals surface area contributed by atoms with Gasteiger partial charge >= 0.3 is 0 Å². The molecule has 0 spiro atoms. The van der Waals surface area contributed by atoms with Gasteiger partial charge in [0, 0.05) is 23.8 Å². The normalized spacial score (nSPS) is 20.8. The highest BCUT2D eigenvalue weighted by Gasteiger charge is 2.25. The summed E-state index contributed by atoms with van der Waals surface area (Å²) in [6.07, 6.45) is 4.50. The fourth-order valence-corrected chi connectivity index (χ4v) is 3.05.